The normalized spacial score (nSPS) is 15.8. The number of aromatic nitrogens is 2. The Kier molecular flexibility index (Phi) is 2.98. The molecule has 2 N–H and O–H groups in total. The van der Waals surface area contributed by atoms with E-state index in [-0.39, 0.29) is 10.9 Å². The Hall–Kier alpha value is -1.93. The van der Waals surface area contributed by atoms with Gasteiger partial charge >= 0.3 is 5.97 Å². The van der Waals surface area contributed by atoms with E-state index in [1.54, 1.807) is 18.3 Å². The summed E-state index contributed by atoms with van der Waals surface area (Å²) in [4.78, 5) is 17.8. The molecule has 20 heavy (non-hydrogen) atoms. The number of nitrogens with one attached hydrogen (secondary N) is 1. The first kappa shape index (κ1) is 13.1. The number of carboxylic acid groups (broad SMARTS) is 1. The Morgan fingerprint density at radius 3 is 2.90 bits per heavy atom. The lowest BCUT2D eigenvalue weighted by molar-refractivity contribution is -0.137. The molecular weight excluding hydrogens is 282 g/mol. The zero-order chi connectivity index (χ0) is 14.3. The topological polar surface area (TPSA) is 103 Å². The van der Waals surface area contributed by atoms with E-state index < -0.39 is 22.5 Å². The maximum atomic E-state index is 12.6. The molecule has 1 aliphatic carbocycles. The van der Waals surface area contributed by atoms with Crippen molar-refractivity contribution in [3.63, 3.8) is 0 Å². The van der Waals surface area contributed by atoms with E-state index in [2.05, 4.69) is 9.97 Å². The van der Waals surface area contributed by atoms with Crippen molar-refractivity contribution in [1.29, 1.82) is 0 Å². The van der Waals surface area contributed by atoms with Gasteiger partial charge in [0, 0.05) is 23.8 Å². The first-order valence-electron chi connectivity index (χ1n) is 6.16. The van der Waals surface area contributed by atoms with Crippen LogP contribution in [0.1, 0.15) is 12.8 Å². The molecule has 8 heteroatoms. The summed E-state index contributed by atoms with van der Waals surface area (Å²) < 4.78 is 26.3. The molecule has 2 aromatic rings. The van der Waals surface area contributed by atoms with Crippen molar-refractivity contribution in [3.05, 3.63) is 24.5 Å². The summed E-state index contributed by atoms with van der Waals surface area (Å²) in [5.41, 5.74) is 0.470. The van der Waals surface area contributed by atoms with E-state index in [0.29, 0.717) is 23.9 Å². The molecule has 2 aromatic heterocycles. The van der Waals surface area contributed by atoms with Crippen molar-refractivity contribution in [2.24, 2.45) is 0 Å². The molecule has 0 amide bonds. The zero-order valence-corrected chi connectivity index (χ0v) is 11.3. The highest BCUT2D eigenvalue weighted by atomic mass is 32.2. The second kappa shape index (κ2) is 4.57. The van der Waals surface area contributed by atoms with Crippen LogP contribution < -0.4 is 0 Å². The fraction of sp³-hybridized carbons (Fsp3) is 0.333. The van der Waals surface area contributed by atoms with Crippen LogP contribution in [0.25, 0.3) is 11.0 Å². The lowest BCUT2D eigenvalue weighted by atomic mass is 10.3. The monoisotopic (exact) mass is 295 g/mol. The first-order valence-corrected chi connectivity index (χ1v) is 7.60. The Labute approximate surface area is 115 Å². The van der Waals surface area contributed by atoms with E-state index in [1.165, 1.54) is 6.20 Å². The molecule has 2 heterocycles. The predicted octanol–water partition coefficient (Wildman–Crippen LogP) is 0.801. The third-order valence-electron chi connectivity index (χ3n) is 3.25. The smallest absolute Gasteiger partial charge is 0.318 e. The summed E-state index contributed by atoms with van der Waals surface area (Å²) >= 11 is 0. The van der Waals surface area contributed by atoms with Crippen LogP contribution in [-0.2, 0) is 14.8 Å². The minimum absolute atomic E-state index is 0.0775. The number of pyridine rings is 1. The minimum atomic E-state index is -3.83. The van der Waals surface area contributed by atoms with Gasteiger partial charge in [-0.1, -0.05) is 0 Å². The molecule has 1 aliphatic rings. The molecule has 0 aromatic carbocycles. The molecular formula is C12H13N3O4S. The van der Waals surface area contributed by atoms with Crippen molar-refractivity contribution in [1.82, 2.24) is 14.3 Å². The zero-order valence-electron chi connectivity index (χ0n) is 10.5. The summed E-state index contributed by atoms with van der Waals surface area (Å²) in [6.45, 7) is -0.514. The molecule has 0 unspecified atom stereocenters. The van der Waals surface area contributed by atoms with Crippen LogP contribution in [0.15, 0.2) is 29.4 Å². The van der Waals surface area contributed by atoms with Crippen molar-refractivity contribution >= 4 is 27.0 Å². The number of H-pyrrole nitrogens is 1. The van der Waals surface area contributed by atoms with Crippen LogP contribution in [0.2, 0.25) is 0 Å². The predicted molar refractivity (Wildman–Crippen MR) is 70.6 cm³/mol. The fourth-order valence-corrected chi connectivity index (χ4v) is 3.96. The number of aliphatic carboxylic acids is 1. The fourth-order valence-electron chi connectivity index (χ4n) is 2.18. The maximum Gasteiger partial charge on any atom is 0.318 e. The van der Waals surface area contributed by atoms with Gasteiger partial charge in [-0.25, -0.2) is 13.4 Å². The summed E-state index contributed by atoms with van der Waals surface area (Å²) in [6, 6.07) is 3.09. The largest absolute Gasteiger partial charge is 0.480 e. The highest BCUT2D eigenvalue weighted by molar-refractivity contribution is 7.89. The number of fused-ring (bicyclic) bond motifs is 1. The molecule has 0 spiro atoms. The molecule has 7 nitrogen and oxygen atoms in total. The van der Waals surface area contributed by atoms with Crippen molar-refractivity contribution in [2.45, 2.75) is 23.8 Å². The molecule has 0 bridgehead atoms. The molecule has 106 valence electrons. The van der Waals surface area contributed by atoms with Gasteiger partial charge in [0.2, 0.25) is 10.0 Å². The number of carboxylic acids is 1. The minimum Gasteiger partial charge on any atom is -0.480 e. The maximum absolute atomic E-state index is 12.6. The van der Waals surface area contributed by atoms with Gasteiger partial charge in [-0.3, -0.25) is 4.79 Å². The number of sulfonamides is 1. The third kappa shape index (κ3) is 2.16. The highest BCUT2D eigenvalue weighted by Gasteiger charge is 2.40. The molecule has 0 aliphatic heterocycles. The van der Waals surface area contributed by atoms with Gasteiger partial charge in [0.25, 0.3) is 0 Å². The molecule has 1 saturated carbocycles. The van der Waals surface area contributed by atoms with E-state index in [0.717, 1.165) is 4.31 Å². The lowest BCUT2D eigenvalue weighted by Crippen LogP contribution is -2.37. The standard InChI is InChI=1S/C12H13N3O4S/c16-11(17)7-15(8-3-4-8)20(18,19)10-6-14-12-9(10)2-1-5-13-12/h1-2,5-6,8H,3-4,7H2,(H,13,14)(H,16,17). The van der Waals surface area contributed by atoms with E-state index in [4.69, 9.17) is 5.11 Å². The van der Waals surface area contributed by atoms with Crippen molar-refractivity contribution < 1.29 is 18.3 Å². The molecule has 0 saturated heterocycles. The number of hydrogen-bond acceptors (Lipinski definition) is 4. The van der Waals surface area contributed by atoms with Crippen LogP contribution in [0.3, 0.4) is 0 Å². The second-order valence-electron chi connectivity index (χ2n) is 4.73. The number of rotatable bonds is 5. The van der Waals surface area contributed by atoms with Gasteiger partial charge in [-0.2, -0.15) is 4.31 Å². The Bertz CT molecular complexity index is 764. The van der Waals surface area contributed by atoms with Gasteiger partial charge in [0.15, 0.2) is 0 Å². The number of nitrogens with zero attached hydrogens (tertiary/aromatic N) is 2. The summed E-state index contributed by atoms with van der Waals surface area (Å²) in [5, 5.41) is 9.38. The molecule has 3 rings (SSSR count). The number of carbonyl (C=O) groups is 1. The van der Waals surface area contributed by atoms with Crippen LogP contribution in [0, 0.1) is 0 Å². The summed E-state index contributed by atoms with van der Waals surface area (Å²) in [7, 11) is -3.83. The Morgan fingerprint density at radius 2 is 2.25 bits per heavy atom. The molecule has 0 radical (unpaired) electrons. The van der Waals surface area contributed by atoms with E-state index in [9.17, 15) is 13.2 Å². The molecule has 1 fully saturated rings. The Morgan fingerprint density at radius 1 is 1.50 bits per heavy atom. The Balaban J connectivity index is 2.08. The van der Waals surface area contributed by atoms with Gasteiger partial charge in [0.05, 0.1) is 0 Å². The number of hydrogen-bond donors (Lipinski definition) is 2. The van der Waals surface area contributed by atoms with Gasteiger partial charge < -0.3 is 10.1 Å². The van der Waals surface area contributed by atoms with Crippen LogP contribution in [0.5, 0.6) is 0 Å². The summed E-state index contributed by atoms with van der Waals surface area (Å²) in [6.07, 6.45) is 4.33. The first-order chi connectivity index (χ1) is 9.50. The van der Waals surface area contributed by atoms with Gasteiger partial charge in [-0.05, 0) is 25.0 Å². The summed E-state index contributed by atoms with van der Waals surface area (Å²) in [5.74, 6) is -1.15. The highest BCUT2D eigenvalue weighted by Crippen LogP contribution is 2.33. The van der Waals surface area contributed by atoms with E-state index >= 15 is 0 Å². The SMILES string of the molecule is O=C(O)CN(C1CC1)S(=O)(=O)c1c[nH]c2ncccc12. The lowest BCUT2D eigenvalue weighted by Gasteiger charge is -2.19. The van der Waals surface area contributed by atoms with Gasteiger partial charge in [-0.15, -0.1) is 0 Å². The average Bonchev–Trinajstić information content (AvgIpc) is 3.13. The van der Waals surface area contributed by atoms with Crippen LogP contribution in [0.4, 0.5) is 0 Å². The van der Waals surface area contributed by atoms with E-state index in [1.807, 2.05) is 0 Å². The second-order valence-corrected chi connectivity index (χ2v) is 6.59. The average molecular weight is 295 g/mol. The van der Waals surface area contributed by atoms with Crippen molar-refractivity contribution in [2.75, 3.05) is 6.54 Å². The van der Waals surface area contributed by atoms with Crippen LogP contribution >= 0.6 is 0 Å². The molecule has 0 atom stereocenters. The van der Waals surface area contributed by atoms with Gasteiger partial charge in [0.1, 0.15) is 17.1 Å². The quantitative estimate of drug-likeness (QED) is 0.849. The van der Waals surface area contributed by atoms with Crippen LogP contribution in [-0.4, -0.2) is 46.4 Å². The third-order valence-corrected chi connectivity index (χ3v) is 5.18. The number of aromatic amines is 1. The van der Waals surface area contributed by atoms with Crippen molar-refractivity contribution in [3.8, 4) is 0 Å².